The fourth-order valence-corrected chi connectivity index (χ4v) is 2.19. The van der Waals surface area contributed by atoms with Crippen molar-refractivity contribution in [1.29, 1.82) is 0 Å². The maximum atomic E-state index is 13.8. The Hall–Kier alpha value is -1.39. The number of hydrogen-bond donors (Lipinski definition) is 0. The molecular weight excluding hydrogens is 288 g/mol. The van der Waals surface area contributed by atoms with Crippen LogP contribution in [0.5, 0.6) is 0 Å². The highest BCUT2D eigenvalue weighted by atomic mass is 35.5. The third-order valence-electron chi connectivity index (χ3n) is 3.02. The zero-order valence-electron chi connectivity index (χ0n) is 10.4. The average Bonchev–Trinajstić information content (AvgIpc) is 2.40. The van der Waals surface area contributed by atoms with E-state index in [9.17, 15) is 4.39 Å². The Kier molecular flexibility index (Phi) is 4.22. The standard InChI is InChI=1S/C13H12Cl2FN3/c1-8(9-5-3-4-6-10(9)16)19(2)11-7-12(14)17-18-13(11)15/h3-8H,1-2H3. The molecule has 1 unspecified atom stereocenters. The average molecular weight is 300 g/mol. The predicted molar refractivity (Wildman–Crippen MR) is 75.3 cm³/mol. The summed E-state index contributed by atoms with van der Waals surface area (Å²) in [6.07, 6.45) is 0. The van der Waals surface area contributed by atoms with Crippen molar-refractivity contribution in [1.82, 2.24) is 10.2 Å². The zero-order valence-corrected chi connectivity index (χ0v) is 12.0. The molecule has 19 heavy (non-hydrogen) atoms. The minimum atomic E-state index is -0.258. The Morgan fingerprint density at radius 2 is 1.89 bits per heavy atom. The van der Waals surface area contributed by atoms with E-state index >= 15 is 0 Å². The van der Waals surface area contributed by atoms with Crippen LogP contribution in [-0.4, -0.2) is 17.2 Å². The van der Waals surface area contributed by atoms with Gasteiger partial charge in [-0.15, -0.1) is 10.2 Å². The lowest BCUT2D eigenvalue weighted by Crippen LogP contribution is -2.23. The minimum Gasteiger partial charge on any atom is -0.365 e. The molecule has 2 aromatic rings. The lowest BCUT2D eigenvalue weighted by molar-refractivity contribution is 0.585. The van der Waals surface area contributed by atoms with Gasteiger partial charge in [-0.05, 0) is 13.0 Å². The van der Waals surface area contributed by atoms with Crippen LogP contribution in [0.3, 0.4) is 0 Å². The van der Waals surface area contributed by atoms with Gasteiger partial charge in [-0.3, -0.25) is 0 Å². The molecule has 1 heterocycles. The highest BCUT2D eigenvalue weighted by Crippen LogP contribution is 2.31. The molecule has 0 aliphatic heterocycles. The molecule has 0 spiro atoms. The maximum absolute atomic E-state index is 13.8. The molecule has 0 amide bonds. The summed E-state index contributed by atoms with van der Waals surface area (Å²) >= 11 is 11.8. The number of nitrogens with zero attached hydrogens (tertiary/aromatic N) is 3. The fraction of sp³-hybridized carbons (Fsp3) is 0.231. The number of benzene rings is 1. The van der Waals surface area contributed by atoms with Crippen LogP contribution < -0.4 is 4.90 Å². The van der Waals surface area contributed by atoms with Gasteiger partial charge >= 0.3 is 0 Å². The second kappa shape index (κ2) is 5.72. The number of halogens is 3. The van der Waals surface area contributed by atoms with Crippen molar-refractivity contribution >= 4 is 28.9 Å². The van der Waals surface area contributed by atoms with Gasteiger partial charge in [-0.25, -0.2) is 4.39 Å². The summed E-state index contributed by atoms with van der Waals surface area (Å²) in [4.78, 5) is 1.81. The van der Waals surface area contributed by atoms with Crippen LogP contribution >= 0.6 is 23.2 Å². The number of anilines is 1. The molecule has 0 aliphatic rings. The molecule has 0 radical (unpaired) electrons. The van der Waals surface area contributed by atoms with E-state index in [1.165, 1.54) is 6.07 Å². The summed E-state index contributed by atoms with van der Waals surface area (Å²) in [7, 11) is 1.80. The third-order valence-corrected chi connectivity index (χ3v) is 3.47. The summed E-state index contributed by atoms with van der Waals surface area (Å²) in [6, 6.07) is 8.01. The molecule has 1 aromatic carbocycles. The first kappa shape index (κ1) is 14.0. The molecule has 2 rings (SSSR count). The lowest BCUT2D eigenvalue weighted by Gasteiger charge is -2.27. The molecular formula is C13H12Cl2FN3. The lowest BCUT2D eigenvalue weighted by atomic mass is 10.1. The molecule has 0 aliphatic carbocycles. The smallest absolute Gasteiger partial charge is 0.175 e. The molecule has 6 heteroatoms. The van der Waals surface area contributed by atoms with E-state index in [1.54, 1.807) is 36.2 Å². The Morgan fingerprint density at radius 3 is 2.58 bits per heavy atom. The summed E-state index contributed by atoms with van der Waals surface area (Å²) in [6.45, 7) is 1.88. The van der Waals surface area contributed by atoms with Gasteiger partial charge in [-0.2, -0.15) is 0 Å². The normalized spacial score (nSPS) is 12.3. The molecule has 1 atom stereocenters. The first-order chi connectivity index (χ1) is 9.00. The van der Waals surface area contributed by atoms with Crippen LogP contribution in [0.4, 0.5) is 10.1 Å². The zero-order chi connectivity index (χ0) is 14.0. The van der Waals surface area contributed by atoms with Crippen LogP contribution in [0.1, 0.15) is 18.5 Å². The van der Waals surface area contributed by atoms with Gasteiger partial charge in [0.15, 0.2) is 10.3 Å². The summed E-state index contributed by atoms with van der Waals surface area (Å²) in [5.41, 5.74) is 1.19. The first-order valence-corrected chi connectivity index (χ1v) is 6.42. The van der Waals surface area contributed by atoms with Gasteiger partial charge in [0.25, 0.3) is 0 Å². The Bertz CT molecular complexity index is 592. The van der Waals surface area contributed by atoms with Gasteiger partial charge < -0.3 is 4.90 Å². The van der Waals surface area contributed by atoms with Crippen molar-refractivity contribution in [3.05, 3.63) is 52.0 Å². The molecule has 0 saturated carbocycles. The maximum Gasteiger partial charge on any atom is 0.175 e. The van der Waals surface area contributed by atoms with Crippen molar-refractivity contribution in [3.63, 3.8) is 0 Å². The molecule has 0 fully saturated rings. The molecule has 1 aromatic heterocycles. The Labute approximate surface area is 121 Å². The number of aromatic nitrogens is 2. The second-order valence-corrected chi connectivity index (χ2v) is 4.90. The van der Waals surface area contributed by atoms with E-state index in [4.69, 9.17) is 23.2 Å². The Morgan fingerprint density at radius 1 is 1.21 bits per heavy atom. The monoisotopic (exact) mass is 299 g/mol. The van der Waals surface area contributed by atoms with E-state index < -0.39 is 0 Å². The predicted octanol–water partition coefficient (Wildman–Crippen LogP) is 4.12. The van der Waals surface area contributed by atoms with Gasteiger partial charge in [0, 0.05) is 18.7 Å². The highest BCUT2D eigenvalue weighted by Gasteiger charge is 2.18. The minimum absolute atomic E-state index is 0.209. The Balaban J connectivity index is 2.36. The van der Waals surface area contributed by atoms with Crippen molar-refractivity contribution < 1.29 is 4.39 Å². The van der Waals surface area contributed by atoms with E-state index in [2.05, 4.69) is 10.2 Å². The SMILES string of the molecule is CC(c1ccccc1F)N(C)c1cc(Cl)nnc1Cl. The molecule has 100 valence electrons. The van der Waals surface area contributed by atoms with Gasteiger partial charge in [0.2, 0.25) is 0 Å². The van der Waals surface area contributed by atoms with Gasteiger partial charge in [-0.1, -0.05) is 41.4 Å². The second-order valence-electron chi connectivity index (χ2n) is 4.15. The van der Waals surface area contributed by atoms with Crippen molar-refractivity contribution in [2.24, 2.45) is 0 Å². The summed E-state index contributed by atoms with van der Waals surface area (Å²) in [5, 5.41) is 7.87. The summed E-state index contributed by atoms with van der Waals surface area (Å²) in [5.74, 6) is -0.258. The van der Waals surface area contributed by atoms with Gasteiger partial charge in [0.05, 0.1) is 11.7 Å². The largest absolute Gasteiger partial charge is 0.365 e. The van der Waals surface area contributed by atoms with Crippen LogP contribution in [0.2, 0.25) is 10.3 Å². The van der Waals surface area contributed by atoms with Crippen LogP contribution in [0.25, 0.3) is 0 Å². The van der Waals surface area contributed by atoms with Gasteiger partial charge in [0.1, 0.15) is 5.82 Å². The van der Waals surface area contributed by atoms with E-state index in [1.807, 2.05) is 6.92 Å². The van der Waals surface area contributed by atoms with Crippen LogP contribution in [0.15, 0.2) is 30.3 Å². The van der Waals surface area contributed by atoms with E-state index in [-0.39, 0.29) is 22.2 Å². The molecule has 0 saturated heterocycles. The quantitative estimate of drug-likeness (QED) is 0.854. The molecule has 0 N–H and O–H groups in total. The number of hydrogen-bond acceptors (Lipinski definition) is 3. The molecule has 3 nitrogen and oxygen atoms in total. The van der Waals surface area contributed by atoms with Crippen molar-refractivity contribution in [2.75, 3.05) is 11.9 Å². The van der Waals surface area contributed by atoms with E-state index in [0.717, 1.165) is 0 Å². The molecule has 0 bridgehead atoms. The topological polar surface area (TPSA) is 29.0 Å². The van der Waals surface area contributed by atoms with Crippen LogP contribution in [-0.2, 0) is 0 Å². The highest BCUT2D eigenvalue weighted by molar-refractivity contribution is 6.33. The summed E-state index contributed by atoms with van der Waals surface area (Å²) < 4.78 is 13.8. The fourth-order valence-electron chi connectivity index (χ4n) is 1.82. The van der Waals surface area contributed by atoms with E-state index in [0.29, 0.717) is 11.3 Å². The van der Waals surface area contributed by atoms with Crippen LogP contribution in [0, 0.1) is 5.82 Å². The first-order valence-electron chi connectivity index (χ1n) is 5.66. The number of rotatable bonds is 3. The van der Waals surface area contributed by atoms with Crippen molar-refractivity contribution in [3.8, 4) is 0 Å². The third kappa shape index (κ3) is 2.96. The van der Waals surface area contributed by atoms with Crippen molar-refractivity contribution in [2.45, 2.75) is 13.0 Å².